The van der Waals surface area contributed by atoms with E-state index in [0.29, 0.717) is 62.2 Å². The smallest absolute Gasteiger partial charge is 0.410 e. The number of carbonyl (C=O) groups excluding carboxylic acids is 1. The number of pyridine rings is 1. The molecule has 0 unspecified atom stereocenters. The summed E-state index contributed by atoms with van der Waals surface area (Å²) in [5, 5.41) is 3.25. The second-order valence-electron chi connectivity index (χ2n) is 9.07. The molecule has 3 heterocycles. The van der Waals surface area contributed by atoms with E-state index in [4.69, 9.17) is 18.9 Å². The number of aryl methyl sites for hydroxylation is 1. The standard InChI is InChI=1S/C25H37N5O5/c1-16(2)32-14-11-26-22-8-7-21(19(6)29-22)35-24-18(5)23(27-15-28-24)34-20-9-12-30(13-10-20)25(31)33-17(3)4/h7-8,15-17,20H,9-14H2,1-6H3,(H,26,29). The first-order valence-electron chi connectivity index (χ1n) is 12.2. The molecule has 1 saturated heterocycles. The van der Waals surface area contributed by atoms with Crippen LogP contribution in [0.4, 0.5) is 10.6 Å². The first-order valence-corrected chi connectivity index (χ1v) is 12.2. The van der Waals surface area contributed by atoms with E-state index in [1.54, 1.807) is 4.90 Å². The van der Waals surface area contributed by atoms with E-state index in [9.17, 15) is 4.79 Å². The molecule has 1 fully saturated rings. The van der Waals surface area contributed by atoms with Crippen LogP contribution >= 0.6 is 0 Å². The molecule has 0 bridgehead atoms. The van der Waals surface area contributed by atoms with Gasteiger partial charge >= 0.3 is 6.09 Å². The molecule has 1 N–H and O–H groups in total. The fourth-order valence-corrected chi connectivity index (χ4v) is 3.56. The molecular formula is C25H37N5O5. The monoisotopic (exact) mass is 487 g/mol. The minimum atomic E-state index is -0.276. The van der Waals surface area contributed by atoms with Crippen molar-refractivity contribution in [3.05, 3.63) is 29.7 Å². The number of anilines is 1. The lowest BCUT2D eigenvalue weighted by Gasteiger charge is -2.31. The van der Waals surface area contributed by atoms with Crippen LogP contribution in [0.1, 0.15) is 51.8 Å². The Hall–Kier alpha value is -3.14. The van der Waals surface area contributed by atoms with Crippen molar-refractivity contribution in [3.63, 3.8) is 0 Å². The van der Waals surface area contributed by atoms with Crippen LogP contribution in [0.25, 0.3) is 0 Å². The average molecular weight is 488 g/mol. The summed E-state index contributed by atoms with van der Waals surface area (Å²) < 4.78 is 23.0. The topological polar surface area (TPSA) is 108 Å². The third-order valence-electron chi connectivity index (χ3n) is 5.41. The van der Waals surface area contributed by atoms with Crippen molar-refractivity contribution < 1.29 is 23.7 Å². The Labute approximate surface area is 207 Å². The van der Waals surface area contributed by atoms with Gasteiger partial charge < -0.3 is 29.2 Å². The minimum Gasteiger partial charge on any atom is -0.474 e. The van der Waals surface area contributed by atoms with Crippen LogP contribution in [0, 0.1) is 13.8 Å². The zero-order chi connectivity index (χ0) is 25.4. The third kappa shape index (κ3) is 7.95. The molecule has 0 aliphatic carbocycles. The van der Waals surface area contributed by atoms with Crippen LogP contribution in [-0.4, -0.2) is 70.5 Å². The molecule has 0 saturated carbocycles. The molecule has 192 valence electrons. The number of nitrogens with zero attached hydrogens (tertiary/aromatic N) is 4. The Kier molecular flexibility index (Phi) is 9.47. The van der Waals surface area contributed by atoms with Crippen molar-refractivity contribution in [2.45, 2.75) is 72.7 Å². The maximum atomic E-state index is 12.1. The number of likely N-dealkylation sites (tertiary alicyclic amines) is 1. The van der Waals surface area contributed by atoms with Gasteiger partial charge in [0, 0.05) is 32.5 Å². The summed E-state index contributed by atoms with van der Waals surface area (Å²) >= 11 is 0. The highest BCUT2D eigenvalue weighted by Crippen LogP contribution is 2.30. The van der Waals surface area contributed by atoms with Gasteiger partial charge in [0.2, 0.25) is 11.8 Å². The molecule has 1 aliphatic heterocycles. The van der Waals surface area contributed by atoms with Gasteiger partial charge in [-0.15, -0.1) is 0 Å². The summed E-state index contributed by atoms with van der Waals surface area (Å²) in [6, 6.07) is 3.73. The molecular weight excluding hydrogens is 450 g/mol. The molecule has 0 spiro atoms. The van der Waals surface area contributed by atoms with Gasteiger partial charge in [-0.2, -0.15) is 0 Å². The van der Waals surface area contributed by atoms with Crippen molar-refractivity contribution >= 4 is 11.9 Å². The van der Waals surface area contributed by atoms with Gasteiger partial charge in [-0.05, 0) is 53.7 Å². The van der Waals surface area contributed by atoms with Crippen LogP contribution in [0.3, 0.4) is 0 Å². The Morgan fingerprint density at radius 2 is 1.80 bits per heavy atom. The molecule has 10 nitrogen and oxygen atoms in total. The highest BCUT2D eigenvalue weighted by Gasteiger charge is 2.26. The maximum Gasteiger partial charge on any atom is 0.410 e. The number of carbonyl (C=O) groups is 1. The number of piperidine rings is 1. The summed E-state index contributed by atoms with van der Waals surface area (Å²) in [6.45, 7) is 13.9. The molecule has 0 radical (unpaired) electrons. The number of hydrogen-bond acceptors (Lipinski definition) is 9. The summed E-state index contributed by atoms with van der Waals surface area (Å²) in [6.07, 6.45) is 2.58. The number of ether oxygens (including phenoxy) is 4. The van der Waals surface area contributed by atoms with E-state index >= 15 is 0 Å². The first-order chi connectivity index (χ1) is 16.7. The Morgan fingerprint density at radius 1 is 1.09 bits per heavy atom. The predicted octanol–water partition coefficient (Wildman–Crippen LogP) is 4.51. The molecule has 1 amide bonds. The number of amides is 1. The van der Waals surface area contributed by atoms with Crippen LogP contribution in [-0.2, 0) is 9.47 Å². The largest absolute Gasteiger partial charge is 0.474 e. The Morgan fingerprint density at radius 3 is 2.46 bits per heavy atom. The lowest BCUT2D eigenvalue weighted by atomic mass is 10.1. The van der Waals surface area contributed by atoms with Gasteiger partial charge in [0.15, 0.2) is 5.75 Å². The third-order valence-corrected chi connectivity index (χ3v) is 5.41. The minimum absolute atomic E-state index is 0.0482. The van der Waals surface area contributed by atoms with Crippen molar-refractivity contribution in [1.82, 2.24) is 19.9 Å². The Balaban J connectivity index is 1.56. The summed E-state index contributed by atoms with van der Waals surface area (Å²) in [5.41, 5.74) is 1.45. The first kappa shape index (κ1) is 26.5. The van der Waals surface area contributed by atoms with Gasteiger partial charge in [0.25, 0.3) is 0 Å². The number of rotatable bonds is 10. The molecule has 1 aliphatic rings. The van der Waals surface area contributed by atoms with Crippen LogP contribution in [0.5, 0.6) is 17.5 Å². The zero-order valence-corrected chi connectivity index (χ0v) is 21.5. The van der Waals surface area contributed by atoms with E-state index in [2.05, 4.69) is 20.3 Å². The SMILES string of the molecule is Cc1nc(NCCOC(C)C)ccc1Oc1ncnc(OC2CCN(C(=O)OC(C)C)CC2)c1C. The van der Waals surface area contributed by atoms with Crippen molar-refractivity contribution in [2.24, 2.45) is 0 Å². The van der Waals surface area contributed by atoms with Gasteiger partial charge in [-0.3, -0.25) is 0 Å². The predicted molar refractivity (Wildman–Crippen MR) is 132 cm³/mol. The number of hydrogen-bond donors (Lipinski definition) is 1. The normalized spacial score (nSPS) is 14.3. The average Bonchev–Trinajstić information content (AvgIpc) is 2.80. The molecule has 2 aromatic rings. The number of aromatic nitrogens is 3. The molecule has 0 atom stereocenters. The molecule has 2 aromatic heterocycles. The number of nitrogens with one attached hydrogen (secondary N) is 1. The van der Waals surface area contributed by atoms with E-state index in [1.807, 2.05) is 53.7 Å². The van der Waals surface area contributed by atoms with Crippen molar-refractivity contribution in [3.8, 4) is 17.5 Å². The second kappa shape index (κ2) is 12.5. The second-order valence-corrected chi connectivity index (χ2v) is 9.07. The maximum absolute atomic E-state index is 12.1. The Bertz CT molecular complexity index is 977. The molecule has 35 heavy (non-hydrogen) atoms. The molecule has 3 rings (SSSR count). The van der Waals surface area contributed by atoms with Crippen LogP contribution in [0.2, 0.25) is 0 Å². The summed E-state index contributed by atoms with van der Waals surface area (Å²) in [7, 11) is 0. The molecule has 0 aromatic carbocycles. The highest BCUT2D eigenvalue weighted by atomic mass is 16.6. The van der Waals surface area contributed by atoms with Gasteiger partial charge in [0.1, 0.15) is 18.2 Å². The molecule has 10 heteroatoms. The van der Waals surface area contributed by atoms with Gasteiger partial charge in [-0.25, -0.2) is 19.7 Å². The lowest BCUT2D eigenvalue weighted by molar-refractivity contribution is 0.0505. The van der Waals surface area contributed by atoms with Gasteiger partial charge in [-0.1, -0.05) is 0 Å². The van der Waals surface area contributed by atoms with E-state index in [0.717, 1.165) is 11.5 Å². The van der Waals surface area contributed by atoms with Crippen LogP contribution < -0.4 is 14.8 Å². The van der Waals surface area contributed by atoms with E-state index in [-0.39, 0.29) is 24.4 Å². The summed E-state index contributed by atoms with van der Waals surface area (Å²) in [4.78, 5) is 27.0. The fraction of sp³-hybridized carbons (Fsp3) is 0.600. The van der Waals surface area contributed by atoms with Crippen molar-refractivity contribution in [1.29, 1.82) is 0 Å². The van der Waals surface area contributed by atoms with Crippen molar-refractivity contribution in [2.75, 3.05) is 31.6 Å². The quantitative estimate of drug-likeness (QED) is 0.484. The van der Waals surface area contributed by atoms with E-state index in [1.165, 1.54) is 6.33 Å². The lowest BCUT2D eigenvalue weighted by Crippen LogP contribution is -2.42. The highest BCUT2D eigenvalue weighted by molar-refractivity contribution is 5.67. The summed E-state index contributed by atoms with van der Waals surface area (Å²) in [5.74, 6) is 2.27. The van der Waals surface area contributed by atoms with Crippen LogP contribution in [0.15, 0.2) is 18.5 Å². The fourth-order valence-electron chi connectivity index (χ4n) is 3.56. The van der Waals surface area contributed by atoms with Gasteiger partial charge in [0.05, 0.1) is 30.1 Å². The zero-order valence-electron chi connectivity index (χ0n) is 21.5. The van der Waals surface area contributed by atoms with E-state index < -0.39 is 0 Å².